The normalized spacial score (nSPS) is 11.1. The van der Waals surface area contributed by atoms with E-state index in [1.165, 1.54) is 17.4 Å². The highest BCUT2D eigenvalue weighted by atomic mass is 32.1. The highest BCUT2D eigenvalue weighted by Gasteiger charge is 2.14. The molecule has 0 aliphatic carbocycles. The molecule has 0 atom stereocenters. The summed E-state index contributed by atoms with van der Waals surface area (Å²) in [4.78, 5) is 28.9. The zero-order chi connectivity index (χ0) is 21.4. The first-order chi connectivity index (χ1) is 15.1. The van der Waals surface area contributed by atoms with Crippen LogP contribution in [0.1, 0.15) is 5.56 Å². The van der Waals surface area contributed by atoms with Crippen LogP contribution in [0, 0.1) is 6.92 Å². The Bertz CT molecular complexity index is 1470. The molecule has 0 bridgehead atoms. The van der Waals surface area contributed by atoms with Crippen molar-refractivity contribution in [2.75, 3.05) is 11.9 Å². The zero-order valence-corrected chi connectivity index (χ0v) is 17.2. The van der Waals surface area contributed by atoms with Crippen LogP contribution in [0.15, 0.2) is 69.2 Å². The number of benzene rings is 2. The van der Waals surface area contributed by atoms with E-state index in [2.05, 4.69) is 15.4 Å². The molecule has 1 N–H and O–H groups in total. The van der Waals surface area contributed by atoms with Crippen molar-refractivity contribution in [2.24, 2.45) is 0 Å². The average Bonchev–Trinajstić information content (AvgIpc) is 3.32. The number of amides is 1. The van der Waals surface area contributed by atoms with Crippen LogP contribution < -0.4 is 15.7 Å². The average molecular weight is 432 g/mol. The molecule has 31 heavy (non-hydrogen) atoms. The minimum absolute atomic E-state index is 0.206. The van der Waals surface area contributed by atoms with Gasteiger partial charge in [-0.05, 0) is 24.6 Å². The minimum atomic E-state index is -0.430. The van der Waals surface area contributed by atoms with Crippen LogP contribution in [-0.4, -0.2) is 27.1 Å². The lowest BCUT2D eigenvalue weighted by Crippen LogP contribution is -2.21. The SMILES string of the molecule is Cc1cc(=O)oc2cc(OCC(=O)Nc3nc4scc(-c5ccccc5)n4n3)ccc12. The van der Waals surface area contributed by atoms with E-state index in [9.17, 15) is 9.59 Å². The molecular formula is C22H16N4O4S. The first-order valence-electron chi connectivity index (χ1n) is 9.44. The quantitative estimate of drug-likeness (QED) is 0.423. The molecule has 154 valence electrons. The Labute approximate surface area is 179 Å². The molecule has 5 aromatic rings. The first kappa shape index (κ1) is 19.0. The molecule has 0 spiro atoms. The van der Waals surface area contributed by atoms with Crippen molar-refractivity contribution < 1.29 is 13.9 Å². The van der Waals surface area contributed by atoms with Crippen LogP contribution >= 0.6 is 11.3 Å². The van der Waals surface area contributed by atoms with Gasteiger partial charge in [0.25, 0.3) is 11.9 Å². The van der Waals surface area contributed by atoms with Gasteiger partial charge in [-0.2, -0.15) is 4.98 Å². The Morgan fingerprint density at radius 3 is 2.87 bits per heavy atom. The molecule has 3 aromatic heterocycles. The molecule has 9 heteroatoms. The maximum atomic E-state index is 12.3. The van der Waals surface area contributed by atoms with Gasteiger partial charge in [0.15, 0.2) is 6.61 Å². The van der Waals surface area contributed by atoms with E-state index in [0.717, 1.165) is 22.2 Å². The molecule has 0 fully saturated rings. The van der Waals surface area contributed by atoms with Gasteiger partial charge >= 0.3 is 5.63 Å². The summed E-state index contributed by atoms with van der Waals surface area (Å²) in [7, 11) is 0. The molecular weight excluding hydrogens is 416 g/mol. The number of carbonyl (C=O) groups is 1. The second-order valence-electron chi connectivity index (χ2n) is 6.86. The second-order valence-corrected chi connectivity index (χ2v) is 7.70. The van der Waals surface area contributed by atoms with Crippen LogP contribution in [-0.2, 0) is 4.79 Å². The van der Waals surface area contributed by atoms with Gasteiger partial charge in [-0.1, -0.05) is 30.3 Å². The number of anilines is 1. The van der Waals surface area contributed by atoms with Crippen LogP contribution in [0.3, 0.4) is 0 Å². The highest BCUT2D eigenvalue weighted by molar-refractivity contribution is 7.15. The van der Waals surface area contributed by atoms with Crippen molar-refractivity contribution in [3.63, 3.8) is 0 Å². The summed E-state index contributed by atoms with van der Waals surface area (Å²) in [5.41, 5.74) is 2.71. The molecule has 0 saturated heterocycles. The van der Waals surface area contributed by atoms with Crippen molar-refractivity contribution in [1.29, 1.82) is 0 Å². The lowest BCUT2D eigenvalue weighted by atomic mass is 10.1. The molecule has 0 unspecified atom stereocenters. The third kappa shape index (κ3) is 3.78. The number of rotatable bonds is 5. The fourth-order valence-electron chi connectivity index (χ4n) is 3.25. The molecule has 3 heterocycles. The third-order valence-corrected chi connectivity index (χ3v) is 5.51. The number of hydrogen-bond donors (Lipinski definition) is 1. The Morgan fingerprint density at radius 2 is 2.03 bits per heavy atom. The van der Waals surface area contributed by atoms with Gasteiger partial charge in [0.2, 0.25) is 4.96 Å². The van der Waals surface area contributed by atoms with E-state index in [1.807, 2.05) is 42.6 Å². The van der Waals surface area contributed by atoms with E-state index < -0.39 is 11.5 Å². The Morgan fingerprint density at radius 1 is 1.19 bits per heavy atom. The highest BCUT2D eigenvalue weighted by Crippen LogP contribution is 2.26. The number of hydrogen-bond acceptors (Lipinski definition) is 7. The van der Waals surface area contributed by atoms with E-state index in [1.54, 1.807) is 22.7 Å². The fourth-order valence-corrected chi connectivity index (χ4v) is 4.08. The van der Waals surface area contributed by atoms with E-state index in [4.69, 9.17) is 9.15 Å². The van der Waals surface area contributed by atoms with Crippen LogP contribution in [0.4, 0.5) is 5.95 Å². The fraction of sp³-hybridized carbons (Fsp3) is 0.0909. The number of nitrogens with one attached hydrogen (secondary N) is 1. The lowest BCUT2D eigenvalue weighted by molar-refractivity contribution is -0.118. The summed E-state index contributed by atoms with van der Waals surface area (Å²) in [5, 5.41) is 9.82. The molecule has 0 aliphatic heterocycles. The molecule has 2 aromatic carbocycles. The third-order valence-electron chi connectivity index (χ3n) is 4.70. The summed E-state index contributed by atoms with van der Waals surface area (Å²) in [6, 6.07) is 16.4. The van der Waals surface area contributed by atoms with Crippen molar-refractivity contribution >= 4 is 39.1 Å². The smallest absolute Gasteiger partial charge is 0.336 e. The summed E-state index contributed by atoms with van der Waals surface area (Å²) < 4.78 is 12.4. The van der Waals surface area contributed by atoms with Gasteiger partial charge < -0.3 is 9.15 Å². The van der Waals surface area contributed by atoms with Crippen LogP contribution in [0.2, 0.25) is 0 Å². The Kier molecular flexibility index (Phi) is 4.72. The van der Waals surface area contributed by atoms with Gasteiger partial charge in [0.05, 0.1) is 5.69 Å². The minimum Gasteiger partial charge on any atom is -0.484 e. The standard InChI is InChI=1S/C22H16N4O4S/c1-13-9-20(28)30-18-10-15(7-8-16(13)18)29-11-19(27)23-21-24-22-26(25-21)17(12-31-22)14-5-3-2-4-6-14/h2-10,12H,11H2,1H3,(H,23,25,27). The summed E-state index contributed by atoms with van der Waals surface area (Å²) in [6.07, 6.45) is 0. The number of ether oxygens (including phenoxy) is 1. The second kappa shape index (κ2) is 7.69. The summed E-state index contributed by atoms with van der Waals surface area (Å²) in [6.45, 7) is 1.60. The molecule has 8 nitrogen and oxygen atoms in total. The van der Waals surface area contributed by atoms with E-state index >= 15 is 0 Å². The van der Waals surface area contributed by atoms with Crippen molar-refractivity contribution in [3.05, 3.63) is 76.0 Å². The number of aryl methyl sites for hydroxylation is 1. The Hall–Kier alpha value is -3.98. The van der Waals surface area contributed by atoms with Gasteiger partial charge in [0, 0.05) is 28.5 Å². The predicted octanol–water partition coefficient (Wildman–Crippen LogP) is 3.89. The largest absolute Gasteiger partial charge is 0.484 e. The maximum Gasteiger partial charge on any atom is 0.336 e. The van der Waals surface area contributed by atoms with E-state index in [0.29, 0.717) is 16.3 Å². The summed E-state index contributed by atoms with van der Waals surface area (Å²) in [5.74, 6) is 0.226. The van der Waals surface area contributed by atoms with Gasteiger partial charge in [-0.25, -0.2) is 9.31 Å². The Balaban J connectivity index is 1.29. The van der Waals surface area contributed by atoms with Crippen LogP contribution in [0.25, 0.3) is 27.2 Å². The van der Waals surface area contributed by atoms with Gasteiger partial charge in [-0.15, -0.1) is 16.4 Å². The molecule has 0 radical (unpaired) electrons. The zero-order valence-electron chi connectivity index (χ0n) is 16.4. The predicted molar refractivity (Wildman–Crippen MR) is 118 cm³/mol. The maximum absolute atomic E-state index is 12.3. The molecule has 1 amide bonds. The van der Waals surface area contributed by atoms with Crippen LogP contribution in [0.5, 0.6) is 5.75 Å². The topological polar surface area (TPSA) is 98.7 Å². The van der Waals surface area contributed by atoms with Gasteiger partial charge in [-0.3, -0.25) is 10.1 Å². The van der Waals surface area contributed by atoms with Gasteiger partial charge in [0.1, 0.15) is 11.3 Å². The number of nitrogens with zero attached hydrogens (tertiary/aromatic N) is 3. The monoisotopic (exact) mass is 432 g/mol. The number of fused-ring (bicyclic) bond motifs is 2. The summed E-state index contributed by atoms with van der Waals surface area (Å²) >= 11 is 1.44. The molecule has 5 rings (SSSR count). The van der Waals surface area contributed by atoms with Crippen molar-refractivity contribution in [2.45, 2.75) is 6.92 Å². The number of carbonyl (C=O) groups excluding carboxylic acids is 1. The molecule has 0 saturated carbocycles. The first-order valence-corrected chi connectivity index (χ1v) is 10.3. The van der Waals surface area contributed by atoms with Crippen molar-refractivity contribution in [1.82, 2.24) is 14.6 Å². The molecule has 0 aliphatic rings. The van der Waals surface area contributed by atoms with E-state index in [-0.39, 0.29) is 12.6 Å². The number of thiazole rings is 1. The lowest BCUT2D eigenvalue weighted by Gasteiger charge is -2.07. The van der Waals surface area contributed by atoms with Crippen molar-refractivity contribution in [3.8, 4) is 17.0 Å². The number of aromatic nitrogens is 3.